The molecular weight excluding hydrogens is 264 g/mol. The van der Waals surface area contributed by atoms with E-state index in [0.717, 1.165) is 0 Å². The Balaban J connectivity index is 5.47. The van der Waals surface area contributed by atoms with Gasteiger partial charge in [-0.25, -0.2) is 0 Å². The molecule has 0 aromatic rings. The zero-order valence-electron chi connectivity index (χ0n) is 12.7. The molecule has 0 spiro atoms. The van der Waals surface area contributed by atoms with Crippen molar-refractivity contribution in [2.24, 2.45) is 5.92 Å². The van der Waals surface area contributed by atoms with E-state index in [9.17, 15) is 19.8 Å². The fraction of sp³-hybridized carbons (Fsp3) is 0.846. The van der Waals surface area contributed by atoms with Crippen LogP contribution in [0.15, 0.2) is 0 Å². The van der Waals surface area contributed by atoms with Crippen molar-refractivity contribution >= 4 is 11.8 Å². The number of aliphatic hydroxyl groups is 3. The lowest BCUT2D eigenvalue weighted by molar-refractivity contribution is -0.144. The molecule has 5 N–H and O–H groups in total. The molecule has 0 aliphatic rings. The first-order valence-corrected chi connectivity index (χ1v) is 6.52. The summed E-state index contributed by atoms with van der Waals surface area (Å²) in [6.45, 7) is 5.27. The fourth-order valence-electron chi connectivity index (χ4n) is 2.18. The van der Waals surface area contributed by atoms with Crippen molar-refractivity contribution in [3.8, 4) is 0 Å². The highest BCUT2D eigenvalue weighted by Crippen LogP contribution is 2.34. The highest BCUT2D eigenvalue weighted by molar-refractivity contribution is 5.79. The zero-order chi connectivity index (χ0) is 16.1. The van der Waals surface area contributed by atoms with Gasteiger partial charge in [0.25, 0.3) is 0 Å². The molecule has 0 saturated carbocycles. The molecule has 0 fully saturated rings. The molecule has 118 valence electrons. The van der Waals surface area contributed by atoms with E-state index < -0.39 is 35.7 Å². The molecule has 2 amide bonds. The molecule has 0 rings (SSSR count). The Morgan fingerprint density at radius 2 is 1.80 bits per heavy atom. The number of hydrogen-bond acceptors (Lipinski definition) is 5. The molecule has 0 heterocycles. The predicted molar refractivity (Wildman–Crippen MR) is 73.8 cm³/mol. The van der Waals surface area contributed by atoms with E-state index >= 15 is 0 Å². The van der Waals surface area contributed by atoms with E-state index in [2.05, 4.69) is 10.6 Å². The maximum absolute atomic E-state index is 11.6. The number of rotatable bonds is 7. The van der Waals surface area contributed by atoms with Crippen LogP contribution in [0.5, 0.6) is 0 Å². The lowest BCUT2D eigenvalue weighted by Crippen LogP contribution is -2.66. The molecule has 7 nitrogen and oxygen atoms in total. The van der Waals surface area contributed by atoms with Gasteiger partial charge in [0.1, 0.15) is 0 Å². The first kappa shape index (κ1) is 18.8. The summed E-state index contributed by atoms with van der Waals surface area (Å²) in [6.07, 6.45) is -1.32. The molecule has 0 aliphatic heterocycles. The Hall–Kier alpha value is -1.18. The van der Waals surface area contributed by atoms with Gasteiger partial charge >= 0.3 is 0 Å². The van der Waals surface area contributed by atoms with E-state index in [-0.39, 0.29) is 12.3 Å². The number of hydrogen-bond donors (Lipinski definition) is 5. The summed E-state index contributed by atoms with van der Waals surface area (Å²) in [5.41, 5.74) is -2.89. The van der Waals surface area contributed by atoms with Crippen molar-refractivity contribution in [3.63, 3.8) is 0 Å². The van der Waals surface area contributed by atoms with Gasteiger partial charge in [0.15, 0.2) is 0 Å². The van der Waals surface area contributed by atoms with Crippen molar-refractivity contribution in [1.82, 2.24) is 10.6 Å². The Kier molecular flexibility index (Phi) is 6.60. The summed E-state index contributed by atoms with van der Waals surface area (Å²) in [5, 5.41) is 34.5. The second kappa shape index (κ2) is 7.01. The zero-order valence-corrected chi connectivity index (χ0v) is 12.7. The minimum atomic E-state index is -1.60. The van der Waals surface area contributed by atoms with Crippen LogP contribution in [0.3, 0.4) is 0 Å². The number of carbonyl (C=O) groups excluding carboxylic acids is 2. The maximum Gasteiger partial charge on any atom is 0.222 e. The maximum atomic E-state index is 11.6. The molecule has 20 heavy (non-hydrogen) atoms. The number of aliphatic hydroxyl groups excluding tert-OH is 2. The molecule has 0 aromatic heterocycles. The molecule has 0 radical (unpaired) electrons. The Morgan fingerprint density at radius 1 is 1.30 bits per heavy atom. The first-order valence-electron chi connectivity index (χ1n) is 6.52. The molecule has 0 bridgehead atoms. The minimum Gasteiger partial charge on any atom is -0.394 e. The van der Waals surface area contributed by atoms with Crippen molar-refractivity contribution in [2.75, 3.05) is 13.7 Å². The van der Waals surface area contributed by atoms with Crippen LogP contribution < -0.4 is 10.6 Å². The third-order valence-corrected chi connectivity index (χ3v) is 4.01. The Morgan fingerprint density at radius 3 is 2.15 bits per heavy atom. The average molecular weight is 290 g/mol. The molecule has 0 saturated heterocycles. The fourth-order valence-corrected chi connectivity index (χ4v) is 2.18. The smallest absolute Gasteiger partial charge is 0.222 e. The van der Waals surface area contributed by atoms with Crippen LogP contribution in [-0.2, 0) is 9.59 Å². The second-order valence-electron chi connectivity index (χ2n) is 5.55. The number of amides is 2. The van der Waals surface area contributed by atoms with Crippen LogP contribution in [-0.4, -0.2) is 58.0 Å². The quantitative estimate of drug-likeness (QED) is 0.402. The van der Waals surface area contributed by atoms with Crippen LogP contribution in [0.1, 0.15) is 34.1 Å². The van der Waals surface area contributed by atoms with Gasteiger partial charge < -0.3 is 26.0 Å². The molecule has 4 atom stereocenters. The van der Waals surface area contributed by atoms with E-state index in [4.69, 9.17) is 5.11 Å². The Bertz CT molecular complexity index is 359. The standard InChI is InChI=1S/C13H26N2O5/c1-8(10(18)7-16)13(4,20)12(3,15-9(2)17)6-11(19)14-5/h8,10,16,18,20H,6-7H2,1-5H3,(H,14,19)(H,15,17). The molecule has 0 aliphatic carbocycles. The van der Waals surface area contributed by atoms with Crippen molar-refractivity contribution in [2.45, 2.75) is 51.4 Å². The summed E-state index contributed by atoms with van der Waals surface area (Å²) in [7, 11) is 1.46. The first-order chi connectivity index (χ1) is 9.01. The number of carbonyl (C=O) groups is 2. The van der Waals surface area contributed by atoms with E-state index in [1.165, 1.54) is 27.8 Å². The third kappa shape index (κ3) is 4.16. The van der Waals surface area contributed by atoms with Gasteiger partial charge in [-0.05, 0) is 13.8 Å². The van der Waals surface area contributed by atoms with Gasteiger partial charge in [0, 0.05) is 19.9 Å². The normalized spacial score (nSPS) is 20.2. The molecule has 4 unspecified atom stereocenters. The van der Waals surface area contributed by atoms with Crippen molar-refractivity contribution in [1.29, 1.82) is 0 Å². The monoisotopic (exact) mass is 290 g/mol. The van der Waals surface area contributed by atoms with E-state index in [1.807, 2.05) is 0 Å². The average Bonchev–Trinajstić information content (AvgIpc) is 2.35. The summed E-state index contributed by atoms with van der Waals surface area (Å²) in [5.74, 6) is -1.51. The second-order valence-corrected chi connectivity index (χ2v) is 5.55. The molecule has 0 aromatic carbocycles. The summed E-state index contributed by atoms with van der Waals surface area (Å²) in [4.78, 5) is 23.0. The van der Waals surface area contributed by atoms with Crippen LogP contribution in [0.2, 0.25) is 0 Å². The van der Waals surface area contributed by atoms with E-state index in [0.29, 0.717) is 0 Å². The highest BCUT2D eigenvalue weighted by Gasteiger charge is 2.50. The van der Waals surface area contributed by atoms with Gasteiger partial charge in [-0.2, -0.15) is 0 Å². The minimum absolute atomic E-state index is 0.154. The van der Waals surface area contributed by atoms with Crippen LogP contribution in [0, 0.1) is 5.92 Å². The van der Waals surface area contributed by atoms with Crippen molar-refractivity contribution in [3.05, 3.63) is 0 Å². The topological polar surface area (TPSA) is 119 Å². The van der Waals surface area contributed by atoms with Gasteiger partial charge in [-0.15, -0.1) is 0 Å². The number of nitrogens with one attached hydrogen (secondary N) is 2. The summed E-state index contributed by atoms with van der Waals surface area (Å²) >= 11 is 0. The lowest BCUT2D eigenvalue weighted by Gasteiger charge is -2.47. The predicted octanol–water partition coefficient (Wildman–Crippen LogP) is -1.24. The largest absolute Gasteiger partial charge is 0.394 e. The summed E-state index contributed by atoms with van der Waals surface area (Å²) < 4.78 is 0. The van der Waals surface area contributed by atoms with Gasteiger partial charge in [-0.3, -0.25) is 9.59 Å². The summed E-state index contributed by atoms with van der Waals surface area (Å²) in [6, 6.07) is 0. The van der Waals surface area contributed by atoms with E-state index in [1.54, 1.807) is 6.92 Å². The van der Waals surface area contributed by atoms with Crippen LogP contribution in [0.25, 0.3) is 0 Å². The van der Waals surface area contributed by atoms with Gasteiger partial charge in [0.2, 0.25) is 11.8 Å². The van der Waals surface area contributed by atoms with Crippen LogP contribution >= 0.6 is 0 Å². The lowest BCUT2D eigenvalue weighted by atomic mass is 9.70. The Labute approximate surface area is 119 Å². The third-order valence-electron chi connectivity index (χ3n) is 4.01. The highest BCUT2D eigenvalue weighted by atomic mass is 16.3. The van der Waals surface area contributed by atoms with Gasteiger partial charge in [-0.1, -0.05) is 6.92 Å². The molecular formula is C13H26N2O5. The molecule has 7 heteroatoms. The van der Waals surface area contributed by atoms with Crippen molar-refractivity contribution < 1.29 is 24.9 Å². The van der Waals surface area contributed by atoms with Gasteiger partial charge in [0.05, 0.1) is 30.3 Å². The van der Waals surface area contributed by atoms with Crippen LogP contribution in [0.4, 0.5) is 0 Å². The SMILES string of the molecule is CNC(=O)CC(C)(NC(C)=O)C(C)(O)C(C)C(O)CO.